The largest absolute Gasteiger partial charge is 0.469 e. The van der Waals surface area contributed by atoms with Crippen molar-refractivity contribution in [2.45, 2.75) is 17.7 Å². The molecule has 20 heavy (non-hydrogen) atoms. The lowest BCUT2D eigenvalue weighted by Crippen LogP contribution is -2.26. The summed E-state index contributed by atoms with van der Waals surface area (Å²) in [5.74, 6) is -0.145. The van der Waals surface area contributed by atoms with Crippen LogP contribution in [0.3, 0.4) is 0 Å². The molecule has 0 saturated heterocycles. The topological polar surface area (TPSA) is 55.4 Å². The van der Waals surface area contributed by atoms with E-state index in [1.165, 1.54) is 18.9 Å². The van der Waals surface area contributed by atoms with Gasteiger partial charge in [0.05, 0.1) is 17.9 Å². The average Bonchev–Trinajstić information content (AvgIpc) is 2.44. The highest BCUT2D eigenvalue weighted by atomic mass is 35.5. The summed E-state index contributed by atoms with van der Waals surface area (Å²) < 4.78 is 4.50. The van der Waals surface area contributed by atoms with Gasteiger partial charge in [-0.15, -0.1) is 11.8 Å². The average molecular weight is 336 g/mol. The molecule has 7 heteroatoms. The van der Waals surface area contributed by atoms with E-state index in [0.29, 0.717) is 29.4 Å². The van der Waals surface area contributed by atoms with E-state index in [2.05, 4.69) is 10.1 Å². The summed E-state index contributed by atoms with van der Waals surface area (Å²) in [5.41, 5.74) is 0. The zero-order chi connectivity index (χ0) is 15.0. The number of amides is 1. The van der Waals surface area contributed by atoms with Crippen LogP contribution in [0.15, 0.2) is 23.1 Å². The van der Waals surface area contributed by atoms with Crippen molar-refractivity contribution in [3.8, 4) is 0 Å². The molecule has 1 amide bonds. The molecule has 0 atom stereocenters. The highest BCUT2D eigenvalue weighted by molar-refractivity contribution is 8.00. The van der Waals surface area contributed by atoms with E-state index in [9.17, 15) is 9.59 Å². The molecule has 1 aromatic rings. The van der Waals surface area contributed by atoms with Gasteiger partial charge in [-0.3, -0.25) is 9.59 Å². The molecule has 0 saturated carbocycles. The van der Waals surface area contributed by atoms with Crippen molar-refractivity contribution < 1.29 is 14.3 Å². The molecule has 0 aliphatic heterocycles. The van der Waals surface area contributed by atoms with E-state index in [-0.39, 0.29) is 17.6 Å². The summed E-state index contributed by atoms with van der Waals surface area (Å²) in [6.45, 7) is 0.442. The first-order chi connectivity index (χ1) is 9.52. The van der Waals surface area contributed by atoms with Gasteiger partial charge in [-0.05, 0) is 24.6 Å². The van der Waals surface area contributed by atoms with Crippen molar-refractivity contribution in [2.75, 3.05) is 19.4 Å². The molecule has 0 aliphatic rings. The molecular formula is C13H15Cl2NO3S. The Morgan fingerprint density at radius 2 is 2.10 bits per heavy atom. The maximum atomic E-state index is 11.6. The summed E-state index contributed by atoms with van der Waals surface area (Å²) in [7, 11) is 1.34. The Hall–Kier alpha value is -0.910. The van der Waals surface area contributed by atoms with Gasteiger partial charge in [0.25, 0.3) is 0 Å². The molecule has 0 radical (unpaired) electrons. The van der Waals surface area contributed by atoms with Crippen LogP contribution in [0.25, 0.3) is 0 Å². The Morgan fingerprint density at radius 1 is 1.35 bits per heavy atom. The fraction of sp³-hybridized carbons (Fsp3) is 0.385. The Morgan fingerprint density at radius 3 is 2.80 bits per heavy atom. The molecule has 4 nitrogen and oxygen atoms in total. The first-order valence-electron chi connectivity index (χ1n) is 5.94. The van der Waals surface area contributed by atoms with E-state index in [1.807, 2.05) is 0 Å². The molecule has 110 valence electrons. The number of thioether (sulfide) groups is 1. The monoisotopic (exact) mass is 335 g/mol. The number of carbonyl (C=O) groups is 2. The van der Waals surface area contributed by atoms with Crippen LogP contribution in [0, 0.1) is 0 Å². The van der Waals surface area contributed by atoms with Crippen LogP contribution in [-0.2, 0) is 14.3 Å². The third-order valence-electron chi connectivity index (χ3n) is 2.36. The molecule has 1 N–H and O–H groups in total. The van der Waals surface area contributed by atoms with Crippen LogP contribution in [-0.4, -0.2) is 31.3 Å². The number of nitrogens with one attached hydrogen (secondary N) is 1. The van der Waals surface area contributed by atoms with E-state index >= 15 is 0 Å². The number of halogens is 2. The van der Waals surface area contributed by atoms with Gasteiger partial charge in [0.15, 0.2) is 0 Å². The summed E-state index contributed by atoms with van der Waals surface area (Å²) in [4.78, 5) is 23.2. The Labute approximate surface area is 132 Å². The number of hydrogen-bond acceptors (Lipinski definition) is 4. The Bertz CT molecular complexity index is 483. The van der Waals surface area contributed by atoms with Crippen molar-refractivity contribution in [1.29, 1.82) is 0 Å². The second-order valence-corrected chi connectivity index (χ2v) is 5.75. The SMILES string of the molecule is COC(=O)CCCNC(=O)CSc1cc(Cl)ccc1Cl. The van der Waals surface area contributed by atoms with Gasteiger partial charge in [-0.25, -0.2) is 0 Å². The maximum absolute atomic E-state index is 11.6. The molecule has 0 unspecified atom stereocenters. The molecule has 0 heterocycles. The molecule has 0 aromatic heterocycles. The quantitative estimate of drug-likeness (QED) is 0.472. The summed E-state index contributed by atoms with van der Waals surface area (Å²) in [6.07, 6.45) is 0.852. The lowest BCUT2D eigenvalue weighted by Gasteiger charge is -2.06. The van der Waals surface area contributed by atoms with Crippen molar-refractivity contribution in [3.63, 3.8) is 0 Å². The predicted octanol–water partition coefficient (Wildman–Crippen LogP) is 3.15. The smallest absolute Gasteiger partial charge is 0.305 e. The number of rotatable bonds is 7. The van der Waals surface area contributed by atoms with Crippen LogP contribution in [0.5, 0.6) is 0 Å². The van der Waals surface area contributed by atoms with Crippen LogP contribution in [0.4, 0.5) is 0 Å². The summed E-state index contributed by atoms with van der Waals surface area (Å²) in [5, 5.41) is 3.87. The third kappa shape index (κ3) is 6.50. The zero-order valence-corrected chi connectivity index (χ0v) is 13.3. The minimum absolute atomic E-state index is 0.115. The normalized spacial score (nSPS) is 10.2. The van der Waals surface area contributed by atoms with Crippen LogP contribution < -0.4 is 5.32 Å². The number of ether oxygens (including phenoxy) is 1. The fourth-order valence-corrected chi connectivity index (χ4v) is 2.67. The van der Waals surface area contributed by atoms with Crippen molar-refractivity contribution >= 4 is 46.8 Å². The minimum Gasteiger partial charge on any atom is -0.469 e. The van der Waals surface area contributed by atoms with Gasteiger partial charge in [-0.2, -0.15) is 0 Å². The van der Waals surface area contributed by atoms with Gasteiger partial charge < -0.3 is 10.1 Å². The predicted molar refractivity (Wildman–Crippen MR) is 81.4 cm³/mol. The Balaban J connectivity index is 2.26. The third-order valence-corrected chi connectivity index (χ3v) is 4.09. The number of methoxy groups -OCH3 is 1. The number of hydrogen-bond donors (Lipinski definition) is 1. The standard InChI is InChI=1S/C13H15Cl2NO3S/c1-19-13(18)3-2-6-16-12(17)8-20-11-7-9(14)4-5-10(11)15/h4-5,7H,2-3,6,8H2,1H3,(H,16,17). The van der Waals surface area contributed by atoms with E-state index in [1.54, 1.807) is 18.2 Å². The first-order valence-corrected chi connectivity index (χ1v) is 7.68. The van der Waals surface area contributed by atoms with Gasteiger partial charge >= 0.3 is 5.97 Å². The second-order valence-electron chi connectivity index (χ2n) is 3.89. The van der Waals surface area contributed by atoms with Gasteiger partial charge in [0.1, 0.15) is 0 Å². The van der Waals surface area contributed by atoms with E-state index < -0.39 is 0 Å². The number of benzene rings is 1. The van der Waals surface area contributed by atoms with Gasteiger partial charge in [0, 0.05) is 22.9 Å². The van der Waals surface area contributed by atoms with E-state index in [0.717, 1.165) is 4.90 Å². The molecule has 0 spiro atoms. The summed E-state index contributed by atoms with van der Waals surface area (Å²) >= 11 is 13.2. The van der Waals surface area contributed by atoms with Crippen LogP contribution in [0.1, 0.15) is 12.8 Å². The van der Waals surface area contributed by atoms with Crippen LogP contribution >= 0.6 is 35.0 Å². The molecule has 0 aliphatic carbocycles. The molecule has 0 bridgehead atoms. The summed E-state index contributed by atoms with van der Waals surface area (Å²) in [6, 6.07) is 5.11. The maximum Gasteiger partial charge on any atom is 0.305 e. The van der Waals surface area contributed by atoms with E-state index in [4.69, 9.17) is 23.2 Å². The lowest BCUT2D eigenvalue weighted by atomic mass is 10.3. The Kier molecular flexibility index (Phi) is 7.80. The fourth-order valence-electron chi connectivity index (χ4n) is 1.34. The molecule has 1 aromatic carbocycles. The number of esters is 1. The lowest BCUT2D eigenvalue weighted by molar-refractivity contribution is -0.140. The van der Waals surface area contributed by atoms with Crippen molar-refractivity contribution in [1.82, 2.24) is 5.32 Å². The molecule has 1 rings (SSSR count). The first kappa shape index (κ1) is 17.1. The van der Waals surface area contributed by atoms with Gasteiger partial charge in [-0.1, -0.05) is 23.2 Å². The van der Waals surface area contributed by atoms with Crippen molar-refractivity contribution in [2.24, 2.45) is 0 Å². The number of carbonyl (C=O) groups excluding carboxylic acids is 2. The molecule has 0 fully saturated rings. The highest BCUT2D eigenvalue weighted by Gasteiger charge is 2.07. The van der Waals surface area contributed by atoms with Crippen LogP contribution in [0.2, 0.25) is 10.0 Å². The second kappa shape index (κ2) is 9.10. The highest BCUT2D eigenvalue weighted by Crippen LogP contribution is 2.29. The zero-order valence-electron chi connectivity index (χ0n) is 10.9. The van der Waals surface area contributed by atoms with Gasteiger partial charge in [0.2, 0.25) is 5.91 Å². The minimum atomic E-state index is -0.278. The van der Waals surface area contributed by atoms with Crippen molar-refractivity contribution in [3.05, 3.63) is 28.2 Å². The molecular weight excluding hydrogens is 321 g/mol.